The van der Waals surface area contributed by atoms with E-state index in [0.29, 0.717) is 0 Å². The zero-order chi connectivity index (χ0) is 15.5. The van der Waals surface area contributed by atoms with Crippen LogP contribution in [0.2, 0.25) is 0 Å². The highest BCUT2D eigenvalue weighted by atomic mass is 15.1. The standard InChI is InChI=1S/C14H36N6/c1-13(2,3)14(7-18-10-15-4,8-19-11-16-5)9-20-12-17-6/h15-20H,7-12H2,1-6H3. The molecule has 0 radical (unpaired) electrons. The first kappa shape index (κ1) is 19.8. The number of rotatable bonds is 12. The lowest BCUT2D eigenvalue weighted by molar-refractivity contribution is 0.0800. The van der Waals surface area contributed by atoms with Gasteiger partial charge in [0.2, 0.25) is 0 Å². The molecule has 0 saturated carbocycles. The van der Waals surface area contributed by atoms with E-state index in [9.17, 15) is 0 Å². The van der Waals surface area contributed by atoms with E-state index < -0.39 is 0 Å². The molecule has 0 fully saturated rings. The monoisotopic (exact) mass is 288 g/mol. The summed E-state index contributed by atoms with van der Waals surface area (Å²) in [6.07, 6.45) is 0. The molecule has 122 valence electrons. The Morgan fingerprint density at radius 1 is 0.600 bits per heavy atom. The summed E-state index contributed by atoms with van der Waals surface area (Å²) in [4.78, 5) is 0. The van der Waals surface area contributed by atoms with Gasteiger partial charge in [0.15, 0.2) is 0 Å². The average molecular weight is 288 g/mol. The van der Waals surface area contributed by atoms with Crippen molar-refractivity contribution in [2.24, 2.45) is 10.8 Å². The average Bonchev–Trinajstić information content (AvgIpc) is 2.37. The number of hydrogen-bond donors (Lipinski definition) is 6. The summed E-state index contributed by atoms with van der Waals surface area (Å²) >= 11 is 0. The smallest absolute Gasteiger partial charge is 0.0451 e. The number of nitrogens with one attached hydrogen (secondary N) is 6. The molecular weight excluding hydrogens is 252 g/mol. The van der Waals surface area contributed by atoms with Gasteiger partial charge >= 0.3 is 0 Å². The second-order valence-electron chi connectivity index (χ2n) is 6.40. The molecule has 0 aliphatic heterocycles. The summed E-state index contributed by atoms with van der Waals surface area (Å²) in [5, 5.41) is 20.0. The van der Waals surface area contributed by atoms with E-state index in [4.69, 9.17) is 0 Å². The molecular formula is C14H36N6. The SMILES string of the molecule is CNCNCC(CNCNC)(CNCNC)C(C)(C)C. The van der Waals surface area contributed by atoms with Crippen molar-refractivity contribution in [2.45, 2.75) is 20.8 Å². The van der Waals surface area contributed by atoms with Crippen LogP contribution in [0.15, 0.2) is 0 Å². The van der Waals surface area contributed by atoms with Crippen LogP contribution in [0.3, 0.4) is 0 Å². The van der Waals surface area contributed by atoms with Crippen molar-refractivity contribution in [1.29, 1.82) is 0 Å². The van der Waals surface area contributed by atoms with Crippen molar-refractivity contribution in [3.63, 3.8) is 0 Å². The second kappa shape index (κ2) is 10.5. The zero-order valence-corrected chi connectivity index (χ0v) is 14.2. The Labute approximate surface area is 125 Å². The summed E-state index contributed by atoms with van der Waals surface area (Å²) in [5.41, 5.74) is 0.326. The van der Waals surface area contributed by atoms with Crippen molar-refractivity contribution in [1.82, 2.24) is 31.9 Å². The van der Waals surface area contributed by atoms with E-state index in [-0.39, 0.29) is 10.8 Å². The molecule has 6 nitrogen and oxygen atoms in total. The lowest BCUT2D eigenvalue weighted by Gasteiger charge is -2.46. The van der Waals surface area contributed by atoms with Gasteiger partial charge in [-0.05, 0) is 26.6 Å². The Morgan fingerprint density at radius 2 is 0.900 bits per heavy atom. The van der Waals surface area contributed by atoms with Crippen molar-refractivity contribution < 1.29 is 0 Å². The molecule has 0 amide bonds. The predicted molar refractivity (Wildman–Crippen MR) is 87.7 cm³/mol. The molecule has 0 aliphatic rings. The zero-order valence-electron chi connectivity index (χ0n) is 14.2. The van der Waals surface area contributed by atoms with Crippen LogP contribution in [0.5, 0.6) is 0 Å². The molecule has 0 saturated heterocycles. The van der Waals surface area contributed by atoms with Crippen LogP contribution >= 0.6 is 0 Å². The van der Waals surface area contributed by atoms with Crippen LogP contribution in [-0.2, 0) is 0 Å². The van der Waals surface area contributed by atoms with Gasteiger partial charge in [-0.25, -0.2) is 0 Å². The van der Waals surface area contributed by atoms with E-state index in [1.165, 1.54) is 0 Å². The van der Waals surface area contributed by atoms with Gasteiger partial charge in [0, 0.05) is 45.1 Å². The first-order valence-electron chi connectivity index (χ1n) is 7.49. The highest BCUT2D eigenvalue weighted by molar-refractivity contribution is 4.95. The van der Waals surface area contributed by atoms with Gasteiger partial charge in [-0.2, -0.15) is 0 Å². The van der Waals surface area contributed by atoms with Crippen LogP contribution < -0.4 is 31.9 Å². The molecule has 20 heavy (non-hydrogen) atoms. The van der Waals surface area contributed by atoms with E-state index in [2.05, 4.69) is 52.7 Å². The van der Waals surface area contributed by atoms with Gasteiger partial charge in [0.1, 0.15) is 0 Å². The fourth-order valence-electron chi connectivity index (χ4n) is 2.26. The first-order valence-corrected chi connectivity index (χ1v) is 7.49. The first-order chi connectivity index (χ1) is 9.43. The highest BCUT2D eigenvalue weighted by Gasteiger charge is 2.40. The third kappa shape index (κ3) is 6.97. The lowest BCUT2D eigenvalue weighted by Crippen LogP contribution is -2.57. The van der Waals surface area contributed by atoms with E-state index >= 15 is 0 Å². The molecule has 0 aromatic heterocycles. The summed E-state index contributed by atoms with van der Waals surface area (Å²) in [5.74, 6) is 0. The summed E-state index contributed by atoms with van der Waals surface area (Å²) in [6, 6.07) is 0. The minimum Gasteiger partial charge on any atom is -0.308 e. The third-order valence-corrected chi connectivity index (χ3v) is 3.89. The summed E-state index contributed by atoms with van der Waals surface area (Å²) < 4.78 is 0. The minimum atomic E-state index is 0.136. The maximum atomic E-state index is 3.50. The molecule has 0 aromatic rings. The molecule has 0 atom stereocenters. The molecule has 0 bridgehead atoms. The normalized spacial score (nSPS) is 12.9. The maximum Gasteiger partial charge on any atom is 0.0451 e. The maximum absolute atomic E-state index is 3.50. The Balaban J connectivity index is 4.77. The molecule has 0 rings (SSSR count). The molecule has 0 aromatic carbocycles. The number of hydrogen-bond acceptors (Lipinski definition) is 6. The van der Waals surface area contributed by atoms with Gasteiger partial charge in [0.25, 0.3) is 0 Å². The molecule has 6 N–H and O–H groups in total. The summed E-state index contributed by atoms with van der Waals surface area (Å²) in [7, 11) is 5.89. The Morgan fingerprint density at radius 3 is 1.10 bits per heavy atom. The van der Waals surface area contributed by atoms with Crippen molar-refractivity contribution >= 4 is 0 Å². The van der Waals surface area contributed by atoms with Crippen LogP contribution in [0.1, 0.15) is 20.8 Å². The fourth-order valence-corrected chi connectivity index (χ4v) is 2.26. The quantitative estimate of drug-likeness (QED) is 0.211. The molecule has 0 unspecified atom stereocenters. The molecule has 6 heteroatoms. The van der Waals surface area contributed by atoms with Gasteiger partial charge in [-0.15, -0.1) is 0 Å². The van der Waals surface area contributed by atoms with E-state index in [1.54, 1.807) is 0 Å². The Kier molecular flexibility index (Phi) is 10.4. The van der Waals surface area contributed by atoms with Crippen LogP contribution in [0.25, 0.3) is 0 Å². The molecule has 0 heterocycles. The van der Waals surface area contributed by atoms with Crippen LogP contribution in [0.4, 0.5) is 0 Å². The van der Waals surface area contributed by atoms with Gasteiger partial charge in [0.05, 0.1) is 0 Å². The largest absolute Gasteiger partial charge is 0.308 e. The van der Waals surface area contributed by atoms with Gasteiger partial charge < -0.3 is 31.9 Å². The second-order valence-corrected chi connectivity index (χ2v) is 6.40. The van der Waals surface area contributed by atoms with Crippen LogP contribution in [-0.4, -0.2) is 60.8 Å². The van der Waals surface area contributed by atoms with Crippen molar-refractivity contribution in [3.8, 4) is 0 Å². The lowest BCUT2D eigenvalue weighted by atomic mass is 9.66. The Hall–Kier alpha value is -0.240. The van der Waals surface area contributed by atoms with E-state index in [0.717, 1.165) is 39.6 Å². The van der Waals surface area contributed by atoms with Crippen LogP contribution in [0, 0.1) is 10.8 Å². The highest BCUT2D eigenvalue weighted by Crippen LogP contribution is 2.37. The molecule has 0 aliphatic carbocycles. The van der Waals surface area contributed by atoms with Crippen molar-refractivity contribution in [3.05, 3.63) is 0 Å². The third-order valence-electron chi connectivity index (χ3n) is 3.89. The fraction of sp³-hybridized carbons (Fsp3) is 1.00. The van der Waals surface area contributed by atoms with Gasteiger partial charge in [-0.1, -0.05) is 20.8 Å². The summed E-state index contributed by atoms with van der Waals surface area (Å²) in [6.45, 7) is 12.3. The topological polar surface area (TPSA) is 72.2 Å². The minimum absolute atomic E-state index is 0.136. The molecule has 0 spiro atoms. The predicted octanol–water partition coefficient (Wildman–Crippen LogP) is -0.682. The van der Waals surface area contributed by atoms with Gasteiger partial charge in [-0.3, -0.25) is 0 Å². The van der Waals surface area contributed by atoms with Crippen molar-refractivity contribution in [2.75, 3.05) is 60.8 Å². The Bertz CT molecular complexity index is 200. The van der Waals surface area contributed by atoms with E-state index in [1.807, 2.05) is 21.1 Å².